The third kappa shape index (κ3) is 5.06. The normalized spacial score (nSPS) is 19.8. The van der Waals surface area contributed by atoms with Crippen molar-refractivity contribution in [1.29, 1.82) is 0 Å². The average molecular weight is 350 g/mol. The Morgan fingerprint density at radius 1 is 1.28 bits per heavy atom. The van der Waals surface area contributed by atoms with Gasteiger partial charge in [0.2, 0.25) is 11.8 Å². The number of hydrogen-bond donors (Lipinski definition) is 0. The van der Waals surface area contributed by atoms with Crippen molar-refractivity contribution in [2.45, 2.75) is 44.4 Å². The molecule has 2 fully saturated rings. The highest BCUT2D eigenvalue weighted by Gasteiger charge is 2.35. The van der Waals surface area contributed by atoms with E-state index >= 15 is 0 Å². The molecular formula is C18H26N2O5. The van der Waals surface area contributed by atoms with E-state index in [4.69, 9.17) is 13.9 Å². The number of methoxy groups -OCH3 is 1. The number of rotatable bonds is 9. The van der Waals surface area contributed by atoms with Gasteiger partial charge in [-0.15, -0.1) is 0 Å². The van der Waals surface area contributed by atoms with Crippen LogP contribution in [-0.2, 0) is 25.6 Å². The van der Waals surface area contributed by atoms with Gasteiger partial charge < -0.3 is 23.7 Å². The van der Waals surface area contributed by atoms with Crippen molar-refractivity contribution in [2.24, 2.45) is 0 Å². The number of ether oxygens (including phenoxy) is 2. The molecule has 2 aliphatic rings. The molecule has 2 amide bonds. The summed E-state index contributed by atoms with van der Waals surface area (Å²) < 4.78 is 16.0. The van der Waals surface area contributed by atoms with E-state index in [0.717, 1.165) is 38.1 Å². The molecule has 1 aromatic heterocycles. The van der Waals surface area contributed by atoms with Crippen molar-refractivity contribution in [3.05, 3.63) is 24.2 Å². The molecule has 7 nitrogen and oxygen atoms in total. The summed E-state index contributed by atoms with van der Waals surface area (Å²) in [6.45, 7) is 1.75. The fourth-order valence-electron chi connectivity index (χ4n) is 3.14. The van der Waals surface area contributed by atoms with Gasteiger partial charge in [0.25, 0.3) is 0 Å². The van der Waals surface area contributed by atoms with E-state index in [9.17, 15) is 9.59 Å². The lowest BCUT2D eigenvalue weighted by molar-refractivity contribution is -0.144. The average Bonchev–Trinajstić information content (AvgIpc) is 3.07. The van der Waals surface area contributed by atoms with Crippen LogP contribution in [0.5, 0.6) is 0 Å². The Morgan fingerprint density at radius 3 is 2.72 bits per heavy atom. The third-order valence-corrected chi connectivity index (χ3v) is 4.61. The molecule has 1 aromatic rings. The predicted octanol–water partition coefficient (Wildman–Crippen LogP) is 1.42. The van der Waals surface area contributed by atoms with Crippen molar-refractivity contribution in [2.75, 3.05) is 33.4 Å². The van der Waals surface area contributed by atoms with Crippen LogP contribution in [0.3, 0.4) is 0 Å². The van der Waals surface area contributed by atoms with E-state index in [1.807, 2.05) is 12.1 Å². The Labute approximate surface area is 147 Å². The summed E-state index contributed by atoms with van der Waals surface area (Å²) in [5.41, 5.74) is 0. The number of hydrogen-bond acceptors (Lipinski definition) is 5. The Bertz CT molecular complexity index is 564. The highest BCUT2D eigenvalue weighted by atomic mass is 16.5. The molecule has 2 heterocycles. The van der Waals surface area contributed by atoms with Crippen LogP contribution in [0, 0.1) is 0 Å². The fraction of sp³-hybridized carbons (Fsp3) is 0.667. The minimum atomic E-state index is -0.131. The lowest BCUT2D eigenvalue weighted by Gasteiger charge is -2.28. The molecule has 1 saturated carbocycles. The van der Waals surface area contributed by atoms with E-state index in [-0.39, 0.29) is 37.1 Å². The Hall–Kier alpha value is -1.86. The van der Waals surface area contributed by atoms with Crippen molar-refractivity contribution >= 4 is 11.8 Å². The zero-order valence-corrected chi connectivity index (χ0v) is 14.7. The van der Waals surface area contributed by atoms with Gasteiger partial charge in [0.15, 0.2) is 0 Å². The first-order valence-corrected chi connectivity index (χ1v) is 8.87. The van der Waals surface area contributed by atoms with Gasteiger partial charge >= 0.3 is 0 Å². The second-order valence-electron chi connectivity index (χ2n) is 6.67. The molecule has 7 heteroatoms. The van der Waals surface area contributed by atoms with Gasteiger partial charge in [0.05, 0.1) is 18.9 Å². The number of nitrogens with zero attached hydrogens (tertiary/aromatic N) is 2. The van der Waals surface area contributed by atoms with Crippen LogP contribution in [0.1, 0.15) is 31.4 Å². The van der Waals surface area contributed by atoms with Crippen molar-refractivity contribution in [3.63, 3.8) is 0 Å². The molecule has 0 N–H and O–H groups in total. The largest absolute Gasteiger partial charge is 0.467 e. The zero-order valence-electron chi connectivity index (χ0n) is 14.7. The molecule has 1 unspecified atom stereocenters. The molecule has 138 valence electrons. The number of amides is 2. The molecule has 1 aliphatic heterocycles. The zero-order chi connectivity index (χ0) is 17.6. The smallest absolute Gasteiger partial charge is 0.249 e. The quantitative estimate of drug-likeness (QED) is 0.674. The van der Waals surface area contributed by atoms with Gasteiger partial charge in [-0.3, -0.25) is 9.59 Å². The van der Waals surface area contributed by atoms with Crippen molar-refractivity contribution < 1.29 is 23.5 Å². The fourth-order valence-corrected chi connectivity index (χ4v) is 3.14. The van der Waals surface area contributed by atoms with Gasteiger partial charge in [0, 0.05) is 26.3 Å². The first kappa shape index (κ1) is 17.9. The second kappa shape index (κ2) is 8.49. The summed E-state index contributed by atoms with van der Waals surface area (Å²) in [5.74, 6) is 0.518. The molecule has 1 saturated heterocycles. The first-order chi connectivity index (χ1) is 12.2. The predicted molar refractivity (Wildman–Crippen MR) is 89.7 cm³/mol. The Balaban J connectivity index is 1.64. The van der Waals surface area contributed by atoms with Crippen LogP contribution in [0.4, 0.5) is 0 Å². The monoisotopic (exact) mass is 350 g/mol. The molecule has 0 spiro atoms. The standard InChI is InChI=1S/C18H26N2O5/c1-23-13-18(22)20(14-6-7-14)12-17(21)19(10-15-4-2-8-24-15)11-16-5-3-9-25-16/h2,4,8,14,16H,3,5-7,9-13H2,1H3. The molecule has 0 radical (unpaired) electrons. The van der Waals surface area contributed by atoms with Crippen LogP contribution < -0.4 is 0 Å². The SMILES string of the molecule is COCC(=O)N(CC(=O)N(Cc1ccco1)CC1CCCO1)C1CC1. The molecule has 0 bridgehead atoms. The van der Waals surface area contributed by atoms with Gasteiger partial charge in [-0.05, 0) is 37.8 Å². The summed E-state index contributed by atoms with van der Waals surface area (Å²) in [6.07, 6.45) is 5.54. The summed E-state index contributed by atoms with van der Waals surface area (Å²) >= 11 is 0. The number of carbonyl (C=O) groups is 2. The second-order valence-corrected chi connectivity index (χ2v) is 6.67. The van der Waals surface area contributed by atoms with Crippen molar-refractivity contribution in [1.82, 2.24) is 9.80 Å². The van der Waals surface area contributed by atoms with Crippen LogP contribution in [0.15, 0.2) is 22.8 Å². The Kier molecular flexibility index (Phi) is 6.09. The van der Waals surface area contributed by atoms with E-state index in [0.29, 0.717) is 13.1 Å². The van der Waals surface area contributed by atoms with E-state index in [1.165, 1.54) is 7.11 Å². The summed E-state index contributed by atoms with van der Waals surface area (Å²) in [5, 5.41) is 0. The molecule has 1 atom stereocenters. The van der Waals surface area contributed by atoms with E-state index in [1.54, 1.807) is 16.1 Å². The molecule has 0 aromatic carbocycles. The maximum Gasteiger partial charge on any atom is 0.249 e. The number of furan rings is 1. The van der Waals surface area contributed by atoms with Crippen molar-refractivity contribution in [3.8, 4) is 0 Å². The lowest BCUT2D eigenvalue weighted by Crippen LogP contribution is -2.46. The summed E-state index contributed by atoms with van der Waals surface area (Å²) in [4.78, 5) is 28.5. The van der Waals surface area contributed by atoms with Gasteiger partial charge in [-0.2, -0.15) is 0 Å². The maximum absolute atomic E-state index is 12.9. The van der Waals surface area contributed by atoms with E-state index < -0.39 is 0 Å². The topological polar surface area (TPSA) is 72.2 Å². The minimum Gasteiger partial charge on any atom is -0.467 e. The lowest BCUT2D eigenvalue weighted by atomic mass is 10.2. The number of carbonyl (C=O) groups excluding carboxylic acids is 2. The van der Waals surface area contributed by atoms with Gasteiger partial charge in [-0.25, -0.2) is 0 Å². The minimum absolute atomic E-state index is 0.00764. The maximum atomic E-state index is 12.9. The molecule has 3 rings (SSSR count). The van der Waals surface area contributed by atoms with Gasteiger partial charge in [-0.1, -0.05) is 0 Å². The highest BCUT2D eigenvalue weighted by Crippen LogP contribution is 2.27. The van der Waals surface area contributed by atoms with Crippen LogP contribution >= 0.6 is 0 Å². The summed E-state index contributed by atoms with van der Waals surface area (Å²) in [7, 11) is 1.49. The summed E-state index contributed by atoms with van der Waals surface area (Å²) in [6, 6.07) is 3.83. The van der Waals surface area contributed by atoms with Crippen LogP contribution in [0.2, 0.25) is 0 Å². The Morgan fingerprint density at radius 2 is 2.12 bits per heavy atom. The van der Waals surface area contributed by atoms with Gasteiger partial charge in [0.1, 0.15) is 18.9 Å². The first-order valence-electron chi connectivity index (χ1n) is 8.87. The van der Waals surface area contributed by atoms with Crippen LogP contribution in [0.25, 0.3) is 0 Å². The van der Waals surface area contributed by atoms with Crippen LogP contribution in [-0.4, -0.2) is 67.2 Å². The van der Waals surface area contributed by atoms with E-state index in [2.05, 4.69) is 0 Å². The molecular weight excluding hydrogens is 324 g/mol. The highest BCUT2D eigenvalue weighted by molar-refractivity contribution is 5.86. The molecule has 1 aliphatic carbocycles. The molecule has 25 heavy (non-hydrogen) atoms. The third-order valence-electron chi connectivity index (χ3n) is 4.61.